The predicted octanol–water partition coefficient (Wildman–Crippen LogP) is 3.40. The van der Waals surface area contributed by atoms with Crippen molar-refractivity contribution in [3.05, 3.63) is 28.3 Å². The first-order chi connectivity index (χ1) is 8.76. The molecule has 0 aliphatic rings. The molecule has 5 nitrogen and oxygen atoms in total. The Morgan fingerprint density at radius 3 is 2.21 bits per heavy atom. The Bertz CT molecular complexity index is 592. The number of nitrogens with zero attached hydrogens (tertiary/aromatic N) is 2. The van der Waals surface area contributed by atoms with E-state index in [9.17, 15) is 4.79 Å². The standard InChI is InChI=1S/C13H11ClN2O3/c1-13(2,3)19-12(17)18-11-5-9(7-16)8(6-15)4-10(11)14/h4-5H,1-3H3. The molecular weight excluding hydrogens is 268 g/mol. The lowest BCUT2D eigenvalue weighted by molar-refractivity contribution is 0.0206. The summed E-state index contributed by atoms with van der Waals surface area (Å²) in [6.07, 6.45) is -0.928. The second-order valence-electron chi connectivity index (χ2n) is 4.62. The molecule has 0 heterocycles. The first kappa shape index (κ1) is 14.8. The molecular formula is C13H11ClN2O3. The highest BCUT2D eigenvalue weighted by Gasteiger charge is 2.20. The van der Waals surface area contributed by atoms with Crippen LogP contribution in [0.25, 0.3) is 0 Å². The van der Waals surface area contributed by atoms with Crippen LogP contribution in [-0.4, -0.2) is 11.8 Å². The maximum absolute atomic E-state index is 11.5. The van der Waals surface area contributed by atoms with Gasteiger partial charge < -0.3 is 9.47 Å². The van der Waals surface area contributed by atoms with Gasteiger partial charge in [-0.2, -0.15) is 10.5 Å². The van der Waals surface area contributed by atoms with Crippen molar-refractivity contribution in [3.63, 3.8) is 0 Å². The van der Waals surface area contributed by atoms with Crippen LogP contribution in [0.15, 0.2) is 12.1 Å². The summed E-state index contributed by atoms with van der Waals surface area (Å²) in [5.74, 6) is -0.0218. The number of carbonyl (C=O) groups excluding carboxylic acids is 1. The van der Waals surface area contributed by atoms with Crippen LogP contribution in [0.2, 0.25) is 5.02 Å². The smallest absolute Gasteiger partial charge is 0.428 e. The Morgan fingerprint density at radius 2 is 1.74 bits per heavy atom. The highest BCUT2D eigenvalue weighted by Crippen LogP contribution is 2.28. The van der Waals surface area contributed by atoms with E-state index in [4.69, 9.17) is 31.6 Å². The van der Waals surface area contributed by atoms with E-state index in [2.05, 4.69) is 0 Å². The van der Waals surface area contributed by atoms with Crippen molar-refractivity contribution in [3.8, 4) is 17.9 Å². The molecule has 0 fully saturated rings. The lowest BCUT2D eigenvalue weighted by atomic mass is 10.1. The van der Waals surface area contributed by atoms with Crippen molar-refractivity contribution >= 4 is 17.8 Å². The van der Waals surface area contributed by atoms with Crippen LogP contribution >= 0.6 is 11.6 Å². The van der Waals surface area contributed by atoms with Crippen LogP contribution in [0.5, 0.6) is 5.75 Å². The number of rotatable bonds is 1. The van der Waals surface area contributed by atoms with E-state index in [1.807, 2.05) is 12.1 Å². The summed E-state index contributed by atoms with van der Waals surface area (Å²) < 4.78 is 9.87. The molecule has 6 heteroatoms. The average Bonchev–Trinajstić information content (AvgIpc) is 2.28. The number of hydrogen-bond donors (Lipinski definition) is 0. The van der Waals surface area contributed by atoms with Crippen molar-refractivity contribution < 1.29 is 14.3 Å². The minimum atomic E-state index is -0.928. The molecule has 0 saturated carbocycles. The van der Waals surface area contributed by atoms with Gasteiger partial charge in [-0.05, 0) is 26.8 Å². The minimum absolute atomic E-state index is 0.0218. The van der Waals surface area contributed by atoms with Crippen LogP contribution in [0.3, 0.4) is 0 Å². The molecule has 98 valence electrons. The summed E-state index contributed by atoms with van der Waals surface area (Å²) in [6, 6.07) is 6.14. The summed E-state index contributed by atoms with van der Waals surface area (Å²) in [6.45, 7) is 5.07. The summed E-state index contributed by atoms with van der Waals surface area (Å²) in [5.41, 5.74) is -0.511. The molecule has 1 aromatic carbocycles. The van der Waals surface area contributed by atoms with E-state index in [0.717, 1.165) is 0 Å². The monoisotopic (exact) mass is 278 g/mol. The zero-order valence-corrected chi connectivity index (χ0v) is 11.4. The molecule has 0 aliphatic carbocycles. The molecule has 0 aliphatic heterocycles. The lowest BCUT2D eigenvalue weighted by Crippen LogP contribution is -2.26. The molecule has 0 bridgehead atoms. The van der Waals surface area contributed by atoms with Gasteiger partial charge in [-0.3, -0.25) is 0 Å². The van der Waals surface area contributed by atoms with Crippen molar-refractivity contribution in [1.82, 2.24) is 0 Å². The third kappa shape index (κ3) is 4.17. The molecule has 0 unspecified atom stereocenters. The normalized spacial score (nSPS) is 10.2. The van der Waals surface area contributed by atoms with E-state index >= 15 is 0 Å². The fourth-order valence-corrected chi connectivity index (χ4v) is 1.38. The molecule has 0 aromatic heterocycles. The third-order valence-electron chi connectivity index (χ3n) is 1.90. The third-order valence-corrected chi connectivity index (χ3v) is 2.19. The van der Waals surface area contributed by atoms with Crippen LogP contribution in [0, 0.1) is 22.7 Å². The Kier molecular flexibility index (Phi) is 4.37. The maximum atomic E-state index is 11.5. The van der Waals surface area contributed by atoms with Gasteiger partial charge in [0.15, 0.2) is 5.75 Å². The molecule has 0 spiro atoms. The Labute approximate surface area is 115 Å². The van der Waals surface area contributed by atoms with Gasteiger partial charge in [-0.25, -0.2) is 4.79 Å². The molecule has 0 atom stereocenters. The van der Waals surface area contributed by atoms with Crippen molar-refractivity contribution in [2.75, 3.05) is 0 Å². The van der Waals surface area contributed by atoms with E-state index in [1.54, 1.807) is 20.8 Å². The van der Waals surface area contributed by atoms with Crippen molar-refractivity contribution in [2.24, 2.45) is 0 Å². The van der Waals surface area contributed by atoms with Gasteiger partial charge in [0.05, 0.1) is 16.1 Å². The van der Waals surface area contributed by atoms with E-state index in [-0.39, 0.29) is 21.9 Å². The van der Waals surface area contributed by atoms with Crippen LogP contribution in [0.4, 0.5) is 4.79 Å². The van der Waals surface area contributed by atoms with Gasteiger partial charge in [-0.15, -0.1) is 0 Å². The molecule has 0 amide bonds. The zero-order chi connectivity index (χ0) is 14.6. The van der Waals surface area contributed by atoms with Crippen LogP contribution in [0.1, 0.15) is 31.9 Å². The van der Waals surface area contributed by atoms with E-state index in [1.165, 1.54) is 12.1 Å². The second kappa shape index (κ2) is 5.60. The SMILES string of the molecule is CC(C)(C)OC(=O)Oc1cc(C#N)c(C#N)cc1Cl. The number of carbonyl (C=O) groups is 1. The van der Waals surface area contributed by atoms with Gasteiger partial charge in [0.25, 0.3) is 0 Å². The topological polar surface area (TPSA) is 83.1 Å². The number of nitriles is 2. The molecule has 1 rings (SSSR count). The fraction of sp³-hybridized carbons (Fsp3) is 0.308. The average molecular weight is 279 g/mol. The Hall–Kier alpha value is -2.24. The van der Waals surface area contributed by atoms with Crippen LogP contribution in [-0.2, 0) is 4.74 Å². The molecule has 0 saturated heterocycles. The minimum Gasteiger partial charge on any atom is -0.428 e. The maximum Gasteiger partial charge on any atom is 0.514 e. The highest BCUT2D eigenvalue weighted by molar-refractivity contribution is 6.32. The van der Waals surface area contributed by atoms with Gasteiger partial charge >= 0.3 is 6.16 Å². The fourth-order valence-electron chi connectivity index (χ4n) is 1.18. The molecule has 1 aromatic rings. The lowest BCUT2D eigenvalue weighted by Gasteiger charge is -2.19. The summed E-state index contributed by atoms with van der Waals surface area (Å²) >= 11 is 5.86. The number of hydrogen-bond acceptors (Lipinski definition) is 5. The molecule has 0 N–H and O–H groups in total. The van der Waals surface area contributed by atoms with Gasteiger partial charge in [-0.1, -0.05) is 11.6 Å². The highest BCUT2D eigenvalue weighted by atomic mass is 35.5. The zero-order valence-electron chi connectivity index (χ0n) is 10.7. The first-order valence-corrected chi connectivity index (χ1v) is 5.69. The Balaban J connectivity index is 3.01. The molecule has 0 radical (unpaired) electrons. The van der Waals surface area contributed by atoms with Gasteiger partial charge in [0.1, 0.15) is 17.7 Å². The van der Waals surface area contributed by atoms with E-state index in [0.29, 0.717) is 0 Å². The van der Waals surface area contributed by atoms with Gasteiger partial charge in [0.2, 0.25) is 0 Å². The van der Waals surface area contributed by atoms with Crippen LogP contribution < -0.4 is 4.74 Å². The number of halogens is 1. The quantitative estimate of drug-likeness (QED) is 0.581. The summed E-state index contributed by atoms with van der Waals surface area (Å²) in [4.78, 5) is 11.5. The van der Waals surface area contributed by atoms with Gasteiger partial charge in [0, 0.05) is 6.07 Å². The number of benzene rings is 1. The first-order valence-electron chi connectivity index (χ1n) is 5.31. The predicted molar refractivity (Wildman–Crippen MR) is 67.7 cm³/mol. The summed E-state index contributed by atoms with van der Waals surface area (Å²) in [7, 11) is 0. The van der Waals surface area contributed by atoms with Crippen molar-refractivity contribution in [2.45, 2.75) is 26.4 Å². The second-order valence-corrected chi connectivity index (χ2v) is 5.03. The number of ether oxygens (including phenoxy) is 2. The van der Waals surface area contributed by atoms with Crippen molar-refractivity contribution in [1.29, 1.82) is 10.5 Å². The Morgan fingerprint density at radius 1 is 1.21 bits per heavy atom. The largest absolute Gasteiger partial charge is 0.514 e. The summed E-state index contributed by atoms with van der Waals surface area (Å²) in [5, 5.41) is 17.7. The molecule has 19 heavy (non-hydrogen) atoms. The van der Waals surface area contributed by atoms with E-state index < -0.39 is 11.8 Å².